The smallest absolute Gasteiger partial charge is 0.240 e. The van der Waals surface area contributed by atoms with E-state index in [-0.39, 0.29) is 30.3 Å². The third kappa shape index (κ3) is 6.53. The molecule has 0 spiro atoms. The molecule has 2 rings (SSSR count). The number of amides is 2. The van der Waals surface area contributed by atoms with Crippen LogP contribution in [0.25, 0.3) is 11.3 Å². The van der Waals surface area contributed by atoms with Gasteiger partial charge in [0.15, 0.2) is 11.7 Å². The SMILES string of the molecule is CCN(CC(=O)NC(C)(C)C)C(=O)CCc1ncc(-c2ccc(Cl)cc2Cl)o1. The maximum absolute atomic E-state index is 12.5. The van der Waals surface area contributed by atoms with Gasteiger partial charge in [0.1, 0.15) is 0 Å². The fourth-order valence-corrected chi connectivity index (χ4v) is 3.12. The Bertz CT molecular complexity index is 843. The molecule has 1 aromatic carbocycles. The largest absolute Gasteiger partial charge is 0.441 e. The number of hydrogen-bond acceptors (Lipinski definition) is 4. The molecule has 28 heavy (non-hydrogen) atoms. The normalized spacial score (nSPS) is 11.4. The number of halogens is 2. The molecule has 152 valence electrons. The Balaban J connectivity index is 1.95. The van der Waals surface area contributed by atoms with Gasteiger partial charge >= 0.3 is 0 Å². The van der Waals surface area contributed by atoms with Gasteiger partial charge in [-0.2, -0.15) is 0 Å². The lowest BCUT2D eigenvalue weighted by Gasteiger charge is -2.25. The molecule has 1 heterocycles. The number of nitrogens with zero attached hydrogens (tertiary/aromatic N) is 2. The van der Waals surface area contributed by atoms with Crippen molar-refractivity contribution in [2.45, 2.75) is 46.1 Å². The summed E-state index contributed by atoms with van der Waals surface area (Å²) in [5.41, 5.74) is 0.349. The van der Waals surface area contributed by atoms with E-state index >= 15 is 0 Å². The molecular formula is C20H25Cl2N3O3. The summed E-state index contributed by atoms with van der Waals surface area (Å²) < 4.78 is 5.71. The zero-order valence-electron chi connectivity index (χ0n) is 16.5. The molecule has 0 aliphatic rings. The summed E-state index contributed by atoms with van der Waals surface area (Å²) in [6.45, 7) is 8.02. The summed E-state index contributed by atoms with van der Waals surface area (Å²) >= 11 is 12.1. The van der Waals surface area contributed by atoms with E-state index in [1.54, 1.807) is 24.4 Å². The van der Waals surface area contributed by atoms with Crippen LogP contribution in [0.15, 0.2) is 28.8 Å². The molecule has 1 N–H and O–H groups in total. The molecule has 8 heteroatoms. The summed E-state index contributed by atoms with van der Waals surface area (Å²) in [6, 6.07) is 5.11. The number of carbonyl (C=O) groups excluding carboxylic acids is 2. The second kappa shape index (κ2) is 9.43. The predicted molar refractivity (Wildman–Crippen MR) is 110 cm³/mol. The number of oxazole rings is 1. The number of carbonyl (C=O) groups is 2. The molecular weight excluding hydrogens is 401 g/mol. The highest BCUT2D eigenvalue weighted by atomic mass is 35.5. The number of likely N-dealkylation sites (N-methyl/N-ethyl adjacent to an activating group) is 1. The van der Waals surface area contributed by atoms with E-state index in [0.29, 0.717) is 40.2 Å². The van der Waals surface area contributed by atoms with Crippen molar-refractivity contribution in [3.63, 3.8) is 0 Å². The Morgan fingerprint density at radius 3 is 2.57 bits per heavy atom. The molecule has 0 radical (unpaired) electrons. The van der Waals surface area contributed by atoms with Gasteiger partial charge in [-0.15, -0.1) is 0 Å². The van der Waals surface area contributed by atoms with E-state index in [9.17, 15) is 9.59 Å². The van der Waals surface area contributed by atoms with Gasteiger partial charge in [0.05, 0.1) is 17.8 Å². The second-order valence-electron chi connectivity index (χ2n) is 7.45. The first-order chi connectivity index (χ1) is 13.1. The lowest BCUT2D eigenvalue weighted by atomic mass is 10.1. The molecule has 0 saturated heterocycles. The van der Waals surface area contributed by atoms with Gasteiger partial charge in [0, 0.05) is 35.5 Å². The lowest BCUT2D eigenvalue weighted by molar-refractivity contribution is -0.136. The zero-order chi connectivity index (χ0) is 20.9. The minimum atomic E-state index is -0.336. The van der Waals surface area contributed by atoms with Crippen LogP contribution in [0.4, 0.5) is 0 Å². The Labute approximate surface area is 175 Å². The van der Waals surface area contributed by atoms with Gasteiger partial charge in [-0.3, -0.25) is 9.59 Å². The molecule has 0 aliphatic carbocycles. The summed E-state index contributed by atoms with van der Waals surface area (Å²) in [7, 11) is 0. The highest BCUT2D eigenvalue weighted by molar-refractivity contribution is 6.36. The molecule has 0 fully saturated rings. The summed E-state index contributed by atoms with van der Waals surface area (Å²) in [6.07, 6.45) is 2.11. The van der Waals surface area contributed by atoms with E-state index in [1.165, 1.54) is 4.90 Å². The Kier molecular flexibility index (Phi) is 7.49. The standard InChI is InChI=1S/C20H25Cl2N3O3/c1-5-25(12-17(26)24-20(2,3)4)19(27)9-8-18-23-11-16(28-18)14-7-6-13(21)10-15(14)22/h6-7,10-11H,5,8-9,12H2,1-4H3,(H,24,26). The molecule has 0 aliphatic heterocycles. The first kappa shape index (κ1) is 22.2. The maximum atomic E-state index is 12.5. The highest BCUT2D eigenvalue weighted by Crippen LogP contribution is 2.30. The predicted octanol–water partition coefficient (Wildman–Crippen LogP) is 4.34. The van der Waals surface area contributed by atoms with Crippen LogP contribution in [-0.4, -0.2) is 40.3 Å². The number of hydrogen-bond donors (Lipinski definition) is 1. The van der Waals surface area contributed by atoms with Crippen LogP contribution in [-0.2, 0) is 16.0 Å². The van der Waals surface area contributed by atoms with Crippen LogP contribution in [0.5, 0.6) is 0 Å². The highest BCUT2D eigenvalue weighted by Gasteiger charge is 2.20. The number of aromatic nitrogens is 1. The molecule has 1 aromatic heterocycles. The van der Waals surface area contributed by atoms with Crippen molar-refractivity contribution in [2.75, 3.05) is 13.1 Å². The Hall–Kier alpha value is -2.05. The monoisotopic (exact) mass is 425 g/mol. The summed E-state index contributed by atoms with van der Waals surface area (Å²) in [5.74, 6) is 0.639. The zero-order valence-corrected chi connectivity index (χ0v) is 18.0. The third-order valence-corrected chi connectivity index (χ3v) is 4.43. The average Bonchev–Trinajstić information content (AvgIpc) is 3.04. The number of benzene rings is 1. The molecule has 2 aromatic rings. The van der Waals surface area contributed by atoms with Crippen LogP contribution in [0.3, 0.4) is 0 Å². The summed E-state index contributed by atoms with van der Waals surface area (Å²) in [4.78, 5) is 30.3. The fraction of sp³-hybridized carbons (Fsp3) is 0.450. The van der Waals surface area contributed by atoms with E-state index in [2.05, 4.69) is 10.3 Å². The van der Waals surface area contributed by atoms with Crippen LogP contribution >= 0.6 is 23.2 Å². The van der Waals surface area contributed by atoms with Gasteiger partial charge in [-0.05, 0) is 45.9 Å². The van der Waals surface area contributed by atoms with Gasteiger partial charge in [0.2, 0.25) is 11.8 Å². The maximum Gasteiger partial charge on any atom is 0.240 e. The Morgan fingerprint density at radius 2 is 1.96 bits per heavy atom. The molecule has 2 amide bonds. The molecule has 0 saturated carbocycles. The van der Waals surface area contributed by atoms with E-state index in [0.717, 1.165) is 0 Å². The Morgan fingerprint density at radius 1 is 1.25 bits per heavy atom. The fourth-order valence-electron chi connectivity index (χ4n) is 2.62. The van der Waals surface area contributed by atoms with Gasteiger partial charge in [-0.1, -0.05) is 23.2 Å². The number of aryl methyl sites for hydroxylation is 1. The van der Waals surface area contributed by atoms with E-state index in [1.807, 2.05) is 27.7 Å². The van der Waals surface area contributed by atoms with Crippen LogP contribution in [0.1, 0.15) is 40.0 Å². The van der Waals surface area contributed by atoms with Crippen molar-refractivity contribution in [1.82, 2.24) is 15.2 Å². The van der Waals surface area contributed by atoms with Crippen LogP contribution in [0, 0.1) is 0 Å². The minimum absolute atomic E-state index is 0.0316. The first-order valence-corrected chi connectivity index (χ1v) is 9.83. The lowest BCUT2D eigenvalue weighted by Crippen LogP contribution is -2.47. The minimum Gasteiger partial charge on any atom is -0.441 e. The number of rotatable bonds is 7. The van der Waals surface area contributed by atoms with Gasteiger partial charge < -0.3 is 14.6 Å². The summed E-state index contributed by atoms with van der Waals surface area (Å²) in [5, 5.41) is 3.86. The molecule has 0 bridgehead atoms. The van der Waals surface area contributed by atoms with E-state index < -0.39 is 0 Å². The van der Waals surface area contributed by atoms with Crippen molar-refractivity contribution < 1.29 is 14.0 Å². The van der Waals surface area contributed by atoms with Gasteiger partial charge in [-0.25, -0.2) is 4.98 Å². The van der Waals surface area contributed by atoms with Crippen molar-refractivity contribution in [3.05, 3.63) is 40.3 Å². The van der Waals surface area contributed by atoms with Crippen molar-refractivity contribution in [2.24, 2.45) is 0 Å². The third-order valence-electron chi connectivity index (χ3n) is 3.89. The van der Waals surface area contributed by atoms with E-state index in [4.69, 9.17) is 27.6 Å². The second-order valence-corrected chi connectivity index (χ2v) is 8.29. The average molecular weight is 426 g/mol. The van der Waals surface area contributed by atoms with Crippen molar-refractivity contribution in [1.29, 1.82) is 0 Å². The molecule has 6 nitrogen and oxygen atoms in total. The van der Waals surface area contributed by atoms with Crippen LogP contribution in [0.2, 0.25) is 10.0 Å². The molecule has 0 atom stereocenters. The number of nitrogens with one attached hydrogen (secondary N) is 1. The van der Waals surface area contributed by atoms with Crippen LogP contribution < -0.4 is 5.32 Å². The quantitative estimate of drug-likeness (QED) is 0.715. The van der Waals surface area contributed by atoms with Gasteiger partial charge in [0.25, 0.3) is 0 Å². The van der Waals surface area contributed by atoms with Crippen molar-refractivity contribution >= 4 is 35.0 Å². The molecule has 0 unspecified atom stereocenters. The van der Waals surface area contributed by atoms with Crippen molar-refractivity contribution in [3.8, 4) is 11.3 Å². The first-order valence-electron chi connectivity index (χ1n) is 9.08. The topological polar surface area (TPSA) is 75.4 Å².